The molecule has 1 amide bonds. The van der Waals surface area contributed by atoms with Gasteiger partial charge in [-0.2, -0.15) is 0 Å². The topological polar surface area (TPSA) is 68.8 Å². The number of amides is 1. The summed E-state index contributed by atoms with van der Waals surface area (Å²) in [6.07, 6.45) is 1.69. The minimum atomic E-state index is -0.213. The Morgan fingerprint density at radius 1 is 1.00 bits per heavy atom. The van der Waals surface area contributed by atoms with E-state index in [0.717, 1.165) is 12.8 Å². The Hall–Kier alpha value is -2.57. The number of hydrogen-bond donors (Lipinski definition) is 2. The second-order valence-corrected chi connectivity index (χ2v) is 7.68. The number of para-hydroxylation sites is 1. The molecule has 6 heteroatoms. The third kappa shape index (κ3) is 4.54. The zero-order chi connectivity index (χ0) is 20.1. The number of rotatable bonds is 6. The van der Waals surface area contributed by atoms with Gasteiger partial charge in [0.05, 0.1) is 5.56 Å². The summed E-state index contributed by atoms with van der Waals surface area (Å²) in [6.45, 7) is 5.01. The first-order valence-corrected chi connectivity index (χ1v) is 10.2. The van der Waals surface area contributed by atoms with Crippen molar-refractivity contribution in [1.29, 1.82) is 0 Å². The molecule has 2 N–H and O–H groups in total. The van der Waals surface area contributed by atoms with Crippen molar-refractivity contribution in [3.63, 3.8) is 0 Å². The summed E-state index contributed by atoms with van der Waals surface area (Å²) in [5.41, 5.74) is 1.53. The first-order valence-electron chi connectivity index (χ1n) is 10.2. The molecule has 0 aliphatic carbocycles. The Morgan fingerprint density at radius 2 is 1.76 bits per heavy atom. The molecule has 0 saturated carbocycles. The Kier molecular flexibility index (Phi) is 6.02. The summed E-state index contributed by atoms with van der Waals surface area (Å²) < 4.78 is 16.9. The van der Waals surface area contributed by atoms with Crippen molar-refractivity contribution >= 4 is 5.91 Å². The van der Waals surface area contributed by atoms with Crippen LogP contribution in [0.5, 0.6) is 11.5 Å². The SMILES string of the molecule is CC(NC1(CNC(=O)c2cccc3c2OCCO3)CCOCC1)c1ccccc1. The first-order chi connectivity index (χ1) is 14.2. The van der Waals surface area contributed by atoms with Crippen molar-refractivity contribution in [3.8, 4) is 11.5 Å². The van der Waals surface area contributed by atoms with E-state index < -0.39 is 0 Å². The maximum Gasteiger partial charge on any atom is 0.255 e. The van der Waals surface area contributed by atoms with E-state index in [1.165, 1.54) is 5.56 Å². The average molecular weight is 396 g/mol. The van der Waals surface area contributed by atoms with Gasteiger partial charge in [0.1, 0.15) is 13.2 Å². The van der Waals surface area contributed by atoms with Crippen LogP contribution in [0.3, 0.4) is 0 Å². The summed E-state index contributed by atoms with van der Waals surface area (Å²) >= 11 is 0. The number of ether oxygens (including phenoxy) is 3. The minimum absolute atomic E-state index is 0.146. The summed E-state index contributed by atoms with van der Waals surface area (Å²) in [4.78, 5) is 13.0. The van der Waals surface area contributed by atoms with Gasteiger partial charge in [-0.05, 0) is 37.5 Å². The fourth-order valence-electron chi connectivity index (χ4n) is 4.02. The molecule has 1 unspecified atom stereocenters. The smallest absolute Gasteiger partial charge is 0.255 e. The third-order valence-corrected chi connectivity index (χ3v) is 5.67. The standard InChI is InChI=1S/C23H28N2O4/c1-17(18-6-3-2-4-7-18)25-23(10-12-27-13-11-23)16-24-22(26)19-8-5-9-20-21(19)29-15-14-28-20/h2-9,17,25H,10-16H2,1H3,(H,24,26). The fourth-order valence-corrected chi connectivity index (χ4v) is 4.02. The highest BCUT2D eigenvalue weighted by atomic mass is 16.6. The Morgan fingerprint density at radius 3 is 2.55 bits per heavy atom. The van der Waals surface area contributed by atoms with Gasteiger partial charge in [-0.1, -0.05) is 36.4 Å². The third-order valence-electron chi connectivity index (χ3n) is 5.67. The van der Waals surface area contributed by atoms with Crippen molar-refractivity contribution in [3.05, 3.63) is 59.7 Å². The second-order valence-electron chi connectivity index (χ2n) is 7.68. The lowest BCUT2D eigenvalue weighted by atomic mass is 9.88. The Bertz CT molecular complexity index is 834. The van der Waals surface area contributed by atoms with Crippen LogP contribution >= 0.6 is 0 Å². The summed E-state index contributed by atoms with van der Waals surface area (Å²) in [7, 11) is 0. The second kappa shape index (κ2) is 8.84. The zero-order valence-electron chi connectivity index (χ0n) is 16.8. The number of fused-ring (bicyclic) bond motifs is 1. The van der Waals surface area contributed by atoms with E-state index in [9.17, 15) is 4.79 Å². The molecule has 2 aliphatic rings. The largest absolute Gasteiger partial charge is 0.486 e. The van der Waals surface area contributed by atoms with E-state index in [0.29, 0.717) is 50.0 Å². The fraction of sp³-hybridized carbons (Fsp3) is 0.435. The van der Waals surface area contributed by atoms with Gasteiger partial charge in [0.15, 0.2) is 11.5 Å². The summed E-state index contributed by atoms with van der Waals surface area (Å²) in [5.74, 6) is 1.01. The molecule has 29 heavy (non-hydrogen) atoms. The van der Waals surface area contributed by atoms with Gasteiger partial charge in [-0.15, -0.1) is 0 Å². The first kappa shape index (κ1) is 19.7. The highest BCUT2D eigenvalue weighted by molar-refractivity contribution is 5.97. The number of hydrogen-bond acceptors (Lipinski definition) is 5. The van der Waals surface area contributed by atoms with Crippen LogP contribution < -0.4 is 20.1 Å². The van der Waals surface area contributed by atoms with Crippen LogP contribution in [0.25, 0.3) is 0 Å². The molecule has 154 valence electrons. The molecule has 1 saturated heterocycles. The van der Waals surface area contributed by atoms with Gasteiger partial charge in [-0.25, -0.2) is 0 Å². The van der Waals surface area contributed by atoms with Gasteiger partial charge < -0.3 is 24.8 Å². The number of carbonyl (C=O) groups excluding carboxylic acids is 1. The molecule has 0 radical (unpaired) electrons. The summed E-state index contributed by atoms with van der Waals surface area (Å²) in [6, 6.07) is 16.0. The van der Waals surface area contributed by atoms with Crippen molar-refractivity contribution in [2.45, 2.75) is 31.3 Å². The van der Waals surface area contributed by atoms with E-state index in [2.05, 4.69) is 29.7 Å². The molecule has 0 bridgehead atoms. The maximum atomic E-state index is 13.0. The van der Waals surface area contributed by atoms with Gasteiger partial charge in [0, 0.05) is 31.3 Å². The molecular weight excluding hydrogens is 368 g/mol. The van der Waals surface area contributed by atoms with Crippen LogP contribution in [-0.4, -0.2) is 44.4 Å². The molecule has 0 aromatic heterocycles. The molecule has 2 aromatic carbocycles. The quantitative estimate of drug-likeness (QED) is 0.785. The monoisotopic (exact) mass is 396 g/mol. The van der Waals surface area contributed by atoms with Gasteiger partial charge >= 0.3 is 0 Å². The van der Waals surface area contributed by atoms with Crippen LogP contribution in [0.15, 0.2) is 48.5 Å². The lowest BCUT2D eigenvalue weighted by molar-refractivity contribution is 0.0332. The van der Waals surface area contributed by atoms with Crippen LogP contribution in [0.1, 0.15) is 41.7 Å². The molecule has 6 nitrogen and oxygen atoms in total. The van der Waals surface area contributed by atoms with Crippen molar-refractivity contribution in [1.82, 2.24) is 10.6 Å². The van der Waals surface area contributed by atoms with E-state index in [4.69, 9.17) is 14.2 Å². The van der Waals surface area contributed by atoms with E-state index >= 15 is 0 Å². The Balaban J connectivity index is 1.47. The molecule has 2 aliphatic heterocycles. The predicted molar refractivity (Wildman–Crippen MR) is 111 cm³/mol. The molecule has 1 atom stereocenters. The molecular formula is C23H28N2O4. The number of carbonyl (C=O) groups is 1. The van der Waals surface area contributed by atoms with Gasteiger partial charge in [0.2, 0.25) is 0 Å². The predicted octanol–water partition coefficient (Wildman–Crippen LogP) is 3.09. The minimum Gasteiger partial charge on any atom is -0.486 e. The normalized spacial score (nSPS) is 18.7. The molecule has 2 heterocycles. The Labute approximate surface area is 171 Å². The summed E-state index contributed by atoms with van der Waals surface area (Å²) in [5, 5.41) is 6.89. The number of benzene rings is 2. The van der Waals surface area contributed by atoms with E-state index in [1.54, 1.807) is 6.07 Å². The van der Waals surface area contributed by atoms with E-state index in [1.807, 2.05) is 30.3 Å². The lowest BCUT2D eigenvalue weighted by Crippen LogP contribution is -2.57. The lowest BCUT2D eigenvalue weighted by Gasteiger charge is -2.40. The van der Waals surface area contributed by atoms with Gasteiger partial charge in [-0.3, -0.25) is 4.79 Å². The van der Waals surface area contributed by atoms with Crippen LogP contribution in [0.4, 0.5) is 0 Å². The molecule has 1 fully saturated rings. The molecule has 2 aromatic rings. The van der Waals surface area contributed by atoms with Crippen molar-refractivity contribution < 1.29 is 19.0 Å². The van der Waals surface area contributed by atoms with Crippen molar-refractivity contribution in [2.75, 3.05) is 33.0 Å². The highest BCUT2D eigenvalue weighted by Gasteiger charge is 2.34. The zero-order valence-corrected chi connectivity index (χ0v) is 16.8. The van der Waals surface area contributed by atoms with Crippen LogP contribution in [0, 0.1) is 0 Å². The molecule has 4 rings (SSSR count). The van der Waals surface area contributed by atoms with Gasteiger partial charge in [0.25, 0.3) is 5.91 Å². The highest BCUT2D eigenvalue weighted by Crippen LogP contribution is 2.33. The van der Waals surface area contributed by atoms with Crippen LogP contribution in [-0.2, 0) is 4.74 Å². The molecule has 0 spiro atoms. The average Bonchev–Trinajstić information content (AvgIpc) is 2.78. The van der Waals surface area contributed by atoms with E-state index in [-0.39, 0.29) is 17.5 Å². The van der Waals surface area contributed by atoms with Crippen LogP contribution in [0.2, 0.25) is 0 Å². The number of nitrogens with one attached hydrogen (secondary N) is 2. The maximum absolute atomic E-state index is 13.0. The van der Waals surface area contributed by atoms with Crippen molar-refractivity contribution in [2.24, 2.45) is 0 Å².